The summed E-state index contributed by atoms with van der Waals surface area (Å²) in [5.74, 6) is 0.0999. The standard InChI is InChI=1S/C13H19N3O/c1-16(2)8-11(14)9-3-5-12-10(7-9)4-6-13(17)15-12/h3,5,7,11H,4,6,8,14H2,1-2H3,(H,15,17). The molecule has 1 aromatic rings. The van der Waals surface area contributed by atoms with Gasteiger partial charge < -0.3 is 16.0 Å². The summed E-state index contributed by atoms with van der Waals surface area (Å²) in [6, 6.07) is 6.09. The van der Waals surface area contributed by atoms with Crippen molar-refractivity contribution >= 4 is 11.6 Å². The summed E-state index contributed by atoms with van der Waals surface area (Å²) in [6.07, 6.45) is 1.38. The van der Waals surface area contributed by atoms with E-state index in [0.29, 0.717) is 6.42 Å². The average molecular weight is 233 g/mol. The first-order valence-corrected chi connectivity index (χ1v) is 5.89. The third-order valence-corrected chi connectivity index (χ3v) is 3.01. The van der Waals surface area contributed by atoms with Gasteiger partial charge in [0.15, 0.2) is 0 Å². The molecular formula is C13H19N3O. The zero-order chi connectivity index (χ0) is 12.4. The molecule has 1 aliphatic heterocycles. The summed E-state index contributed by atoms with van der Waals surface area (Å²) in [5.41, 5.74) is 9.38. The highest BCUT2D eigenvalue weighted by Gasteiger charge is 2.16. The van der Waals surface area contributed by atoms with Crippen LogP contribution in [0, 0.1) is 0 Å². The second kappa shape index (κ2) is 4.85. The van der Waals surface area contributed by atoms with Crippen LogP contribution >= 0.6 is 0 Å². The Kier molecular flexibility index (Phi) is 3.45. The summed E-state index contributed by atoms with van der Waals surface area (Å²) in [4.78, 5) is 13.3. The monoisotopic (exact) mass is 233 g/mol. The molecule has 1 atom stereocenters. The van der Waals surface area contributed by atoms with Gasteiger partial charge in [0.1, 0.15) is 0 Å². The number of nitrogens with zero attached hydrogens (tertiary/aromatic N) is 1. The second-order valence-corrected chi connectivity index (χ2v) is 4.83. The number of rotatable bonds is 3. The van der Waals surface area contributed by atoms with E-state index in [2.05, 4.69) is 16.3 Å². The molecule has 1 unspecified atom stereocenters. The van der Waals surface area contributed by atoms with Crippen LogP contribution in [0.15, 0.2) is 18.2 Å². The van der Waals surface area contributed by atoms with Gasteiger partial charge in [0.05, 0.1) is 0 Å². The zero-order valence-corrected chi connectivity index (χ0v) is 10.4. The van der Waals surface area contributed by atoms with Crippen molar-refractivity contribution in [2.75, 3.05) is 26.0 Å². The Morgan fingerprint density at radius 2 is 2.18 bits per heavy atom. The maximum Gasteiger partial charge on any atom is 0.224 e. The highest BCUT2D eigenvalue weighted by atomic mass is 16.1. The van der Waals surface area contributed by atoms with E-state index in [0.717, 1.165) is 24.2 Å². The minimum Gasteiger partial charge on any atom is -0.326 e. The van der Waals surface area contributed by atoms with Crippen molar-refractivity contribution in [3.63, 3.8) is 0 Å². The normalized spacial score (nSPS) is 16.6. The van der Waals surface area contributed by atoms with Crippen molar-refractivity contribution in [2.45, 2.75) is 18.9 Å². The van der Waals surface area contributed by atoms with Crippen molar-refractivity contribution in [1.29, 1.82) is 0 Å². The van der Waals surface area contributed by atoms with E-state index < -0.39 is 0 Å². The Bertz CT molecular complexity index is 429. The molecule has 0 spiro atoms. The number of hydrogen-bond donors (Lipinski definition) is 2. The summed E-state index contributed by atoms with van der Waals surface area (Å²) < 4.78 is 0. The van der Waals surface area contributed by atoms with Gasteiger partial charge in [0.25, 0.3) is 0 Å². The molecule has 17 heavy (non-hydrogen) atoms. The fourth-order valence-electron chi connectivity index (χ4n) is 2.13. The fourth-order valence-corrected chi connectivity index (χ4v) is 2.13. The Morgan fingerprint density at radius 1 is 1.41 bits per heavy atom. The van der Waals surface area contributed by atoms with E-state index in [1.54, 1.807) is 0 Å². The topological polar surface area (TPSA) is 58.4 Å². The minimum absolute atomic E-state index is 0.0212. The van der Waals surface area contributed by atoms with Crippen molar-refractivity contribution in [3.05, 3.63) is 29.3 Å². The zero-order valence-electron chi connectivity index (χ0n) is 10.4. The molecule has 0 bridgehead atoms. The smallest absolute Gasteiger partial charge is 0.224 e. The van der Waals surface area contributed by atoms with Crippen LogP contribution in [0.4, 0.5) is 5.69 Å². The van der Waals surface area contributed by atoms with Crippen LogP contribution in [0.3, 0.4) is 0 Å². The lowest BCUT2D eigenvalue weighted by Gasteiger charge is -2.21. The van der Waals surface area contributed by atoms with Crippen LogP contribution in [0.1, 0.15) is 23.6 Å². The van der Waals surface area contributed by atoms with Crippen molar-refractivity contribution in [2.24, 2.45) is 5.73 Å². The number of amides is 1. The lowest BCUT2D eigenvalue weighted by Crippen LogP contribution is -2.26. The number of nitrogens with one attached hydrogen (secondary N) is 1. The fraction of sp³-hybridized carbons (Fsp3) is 0.462. The lowest BCUT2D eigenvalue weighted by molar-refractivity contribution is -0.116. The second-order valence-electron chi connectivity index (χ2n) is 4.83. The highest BCUT2D eigenvalue weighted by molar-refractivity contribution is 5.93. The number of fused-ring (bicyclic) bond motifs is 1. The van der Waals surface area contributed by atoms with Crippen molar-refractivity contribution in [1.82, 2.24) is 4.90 Å². The van der Waals surface area contributed by atoms with Gasteiger partial charge in [-0.2, -0.15) is 0 Å². The van der Waals surface area contributed by atoms with Gasteiger partial charge >= 0.3 is 0 Å². The van der Waals surface area contributed by atoms with E-state index in [-0.39, 0.29) is 11.9 Å². The largest absolute Gasteiger partial charge is 0.326 e. The van der Waals surface area contributed by atoms with Crippen LogP contribution in [-0.2, 0) is 11.2 Å². The average Bonchev–Trinajstić information content (AvgIpc) is 2.27. The van der Waals surface area contributed by atoms with E-state index in [9.17, 15) is 4.79 Å². The molecule has 0 saturated heterocycles. The van der Waals surface area contributed by atoms with Crippen LogP contribution in [0.5, 0.6) is 0 Å². The number of nitrogens with two attached hydrogens (primary N) is 1. The Morgan fingerprint density at radius 3 is 2.88 bits per heavy atom. The number of benzene rings is 1. The quantitative estimate of drug-likeness (QED) is 0.823. The van der Waals surface area contributed by atoms with Crippen molar-refractivity contribution in [3.8, 4) is 0 Å². The first-order valence-electron chi connectivity index (χ1n) is 5.89. The van der Waals surface area contributed by atoms with E-state index >= 15 is 0 Å². The SMILES string of the molecule is CN(C)CC(N)c1ccc2c(c1)CCC(=O)N2. The summed E-state index contributed by atoms with van der Waals surface area (Å²) in [7, 11) is 4.02. The molecule has 1 amide bonds. The molecule has 0 aliphatic carbocycles. The number of anilines is 1. The maximum absolute atomic E-state index is 11.2. The number of carbonyl (C=O) groups excluding carboxylic acids is 1. The van der Waals surface area contributed by atoms with Gasteiger partial charge in [-0.1, -0.05) is 12.1 Å². The minimum atomic E-state index is 0.0212. The van der Waals surface area contributed by atoms with Gasteiger partial charge in [-0.25, -0.2) is 0 Å². The van der Waals surface area contributed by atoms with Gasteiger partial charge in [-0.05, 0) is 37.7 Å². The third-order valence-electron chi connectivity index (χ3n) is 3.01. The van der Waals surface area contributed by atoms with Crippen LogP contribution in [0.25, 0.3) is 0 Å². The molecule has 0 fully saturated rings. The molecule has 92 valence electrons. The molecule has 1 aliphatic rings. The number of carbonyl (C=O) groups is 1. The van der Waals surface area contributed by atoms with Gasteiger partial charge in [0.2, 0.25) is 5.91 Å². The first kappa shape index (κ1) is 12.1. The summed E-state index contributed by atoms with van der Waals surface area (Å²) in [5, 5.41) is 2.88. The van der Waals surface area contributed by atoms with Gasteiger partial charge in [-0.3, -0.25) is 4.79 Å². The molecule has 3 N–H and O–H groups in total. The molecule has 2 rings (SSSR count). The molecule has 0 radical (unpaired) electrons. The molecule has 1 aromatic carbocycles. The van der Waals surface area contributed by atoms with Crippen LogP contribution < -0.4 is 11.1 Å². The summed E-state index contributed by atoms with van der Waals surface area (Å²) >= 11 is 0. The van der Waals surface area contributed by atoms with Crippen LogP contribution in [0.2, 0.25) is 0 Å². The van der Waals surface area contributed by atoms with E-state index in [1.807, 2.05) is 26.2 Å². The van der Waals surface area contributed by atoms with Crippen LogP contribution in [-0.4, -0.2) is 31.4 Å². The maximum atomic E-state index is 11.2. The molecule has 4 heteroatoms. The van der Waals surface area contributed by atoms with E-state index in [1.165, 1.54) is 5.56 Å². The predicted octanol–water partition coefficient (Wildman–Crippen LogP) is 1.13. The molecular weight excluding hydrogens is 214 g/mol. The molecule has 0 aromatic heterocycles. The first-order chi connectivity index (χ1) is 8.06. The predicted molar refractivity (Wildman–Crippen MR) is 68.9 cm³/mol. The van der Waals surface area contributed by atoms with Gasteiger partial charge in [0, 0.05) is 24.7 Å². The molecule has 1 heterocycles. The van der Waals surface area contributed by atoms with Gasteiger partial charge in [-0.15, -0.1) is 0 Å². The Balaban J connectivity index is 2.19. The lowest BCUT2D eigenvalue weighted by atomic mass is 9.97. The number of aryl methyl sites for hydroxylation is 1. The molecule has 0 saturated carbocycles. The Labute approximate surface area is 102 Å². The van der Waals surface area contributed by atoms with Crippen molar-refractivity contribution < 1.29 is 4.79 Å². The van der Waals surface area contributed by atoms with E-state index in [4.69, 9.17) is 5.73 Å². The highest BCUT2D eigenvalue weighted by Crippen LogP contribution is 2.25. The summed E-state index contributed by atoms with van der Waals surface area (Å²) in [6.45, 7) is 0.825. The third kappa shape index (κ3) is 2.84. The molecule has 4 nitrogen and oxygen atoms in total. The number of likely N-dealkylation sites (N-methyl/N-ethyl adjacent to an activating group) is 1. The number of hydrogen-bond acceptors (Lipinski definition) is 3. The Hall–Kier alpha value is -1.39.